The zero-order valence-corrected chi connectivity index (χ0v) is 32.3. The van der Waals surface area contributed by atoms with E-state index in [0.29, 0.717) is 39.0 Å². The third-order valence-electron chi connectivity index (χ3n) is 10.3. The van der Waals surface area contributed by atoms with Crippen LogP contribution in [-0.4, -0.2) is 85.6 Å². The van der Waals surface area contributed by atoms with Gasteiger partial charge in [-0.15, -0.1) is 0 Å². The molecule has 0 amide bonds. The largest absolute Gasteiger partial charge is 0.492 e. The lowest BCUT2D eigenvalue weighted by Gasteiger charge is -2.60. The molecule has 3 aliphatic heterocycles. The second-order valence-electron chi connectivity index (χ2n) is 13.6. The van der Waals surface area contributed by atoms with Crippen LogP contribution in [-0.2, 0) is 41.6 Å². The van der Waals surface area contributed by atoms with E-state index in [4.69, 9.17) is 33.2 Å². The minimum atomic E-state index is -0.965. The molecule has 0 N–H and O–H groups in total. The van der Waals surface area contributed by atoms with Crippen molar-refractivity contribution in [2.24, 2.45) is 0 Å². The minimum Gasteiger partial charge on any atom is -0.492 e. The number of nitriles is 1. The molecule has 3 heterocycles. The molecule has 0 aromatic heterocycles. The topological polar surface area (TPSA) is 180 Å². The first-order chi connectivity index (χ1) is 25.5. The van der Waals surface area contributed by atoms with Gasteiger partial charge in [0.15, 0.2) is 23.0 Å². The van der Waals surface area contributed by atoms with Crippen molar-refractivity contribution in [3.05, 3.63) is 45.0 Å². The van der Waals surface area contributed by atoms with Crippen LogP contribution in [0.2, 0.25) is 0 Å². The molecule has 0 radical (unpaired) electrons. The summed E-state index contributed by atoms with van der Waals surface area (Å²) in [5, 5.41) is 11.0. The normalized spacial score (nSPS) is 21.7. The number of esters is 5. The molecule has 3 aliphatic rings. The van der Waals surface area contributed by atoms with Crippen LogP contribution in [0.5, 0.6) is 34.5 Å². The zero-order valence-electron chi connectivity index (χ0n) is 32.3. The van der Waals surface area contributed by atoms with Crippen molar-refractivity contribution in [3.8, 4) is 40.6 Å². The number of benzene rings is 2. The van der Waals surface area contributed by atoms with Gasteiger partial charge < -0.3 is 33.2 Å². The van der Waals surface area contributed by atoms with Gasteiger partial charge >= 0.3 is 29.8 Å². The van der Waals surface area contributed by atoms with E-state index in [2.05, 4.69) is 6.07 Å². The lowest BCUT2D eigenvalue weighted by molar-refractivity contribution is -0.145. The van der Waals surface area contributed by atoms with E-state index in [-0.39, 0.29) is 53.9 Å². The summed E-state index contributed by atoms with van der Waals surface area (Å²) in [6.07, 6.45) is 1.87. The van der Waals surface area contributed by atoms with Gasteiger partial charge in [-0.05, 0) is 47.6 Å². The van der Waals surface area contributed by atoms with Crippen molar-refractivity contribution in [1.82, 2.24) is 9.80 Å². The molecular formula is C39H45N3O12. The van der Waals surface area contributed by atoms with Crippen LogP contribution >= 0.6 is 0 Å². The number of piperazine rings is 1. The fraction of sp³-hybridized carbons (Fsp3) is 0.487. The molecule has 5 atom stereocenters. The number of likely N-dealkylation sites (N-methyl/N-ethyl adjacent to an activating group) is 1. The van der Waals surface area contributed by atoms with Gasteiger partial charge in [0, 0.05) is 78.7 Å². The molecule has 0 unspecified atom stereocenters. The first kappa shape index (κ1) is 39.7. The van der Waals surface area contributed by atoms with Gasteiger partial charge in [0.1, 0.15) is 24.1 Å². The Bertz CT molecular complexity index is 2010. The standard InChI is InChI=1S/C39H45N3O12/c1-12-17(2)39(47)50-16-29-30-24(33(51-20(5)43)18(3)35(48-10)37(30)53-22(7)45)14-27-32-31-25(13-26(41(32)9)28(15-40)42(27)29)34(52-21(6)44)19(4)36(49-11)38(31)54-23(8)46/h12,26-29,32H,13-14,16H2,1-11H3/b17-12-/t26-,27-,28-,29-,32-/m0/s1. The van der Waals surface area contributed by atoms with Crippen molar-refractivity contribution in [1.29, 1.82) is 5.26 Å². The summed E-state index contributed by atoms with van der Waals surface area (Å²) in [5.74, 6) is -2.23. The quantitative estimate of drug-likeness (QED) is 0.201. The summed E-state index contributed by atoms with van der Waals surface area (Å²) in [6, 6.07) is -1.30. The predicted octanol–water partition coefficient (Wildman–Crippen LogP) is 4.30. The highest BCUT2D eigenvalue weighted by atomic mass is 16.6. The fourth-order valence-corrected chi connectivity index (χ4v) is 8.22. The first-order valence-electron chi connectivity index (χ1n) is 17.4. The number of nitrogens with zero attached hydrogens (tertiary/aromatic N) is 3. The van der Waals surface area contributed by atoms with Crippen molar-refractivity contribution in [2.75, 3.05) is 27.9 Å². The van der Waals surface area contributed by atoms with Gasteiger partial charge in [-0.3, -0.25) is 29.0 Å². The number of fused-ring (bicyclic) bond motifs is 7. The molecule has 54 heavy (non-hydrogen) atoms. The van der Waals surface area contributed by atoms with Crippen LogP contribution < -0.4 is 28.4 Å². The second kappa shape index (κ2) is 15.5. The van der Waals surface area contributed by atoms with E-state index in [1.54, 1.807) is 33.8 Å². The monoisotopic (exact) mass is 747 g/mol. The molecular weight excluding hydrogens is 702 g/mol. The average Bonchev–Trinajstić information content (AvgIpc) is 3.09. The Labute approximate surface area is 313 Å². The Morgan fingerprint density at radius 2 is 1.17 bits per heavy atom. The highest BCUT2D eigenvalue weighted by molar-refractivity contribution is 5.87. The SMILES string of the molecule is C/C=C(/C)C(=O)OC[C@H]1c2c(c(OC(C)=O)c(C)c(OC)c2OC(C)=O)C[C@H]2[C@H]3c4c(c(OC(C)=O)c(C)c(OC)c4OC(C)=O)C[C@@H]([C@H](C#N)N12)N3C. The lowest BCUT2D eigenvalue weighted by atomic mass is 9.71. The Morgan fingerprint density at radius 3 is 1.61 bits per heavy atom. The van der Waals surface area contributed by atoms with Gasteiger partial charge in [-0.25, -0.2) is 4.79 Å². The van der Waals surface area contributed by atoms with Gasteiger partial charge in [0.25, 0.3) is 0 Å². The number of hydrogen-bond donors (Lipinski definition) is 0. The second-order valence-corrected chi connectivity index (χ2v) is 13.6. The molecule has 288 valence electrons. The number of methoxy groups -OCH3 is 2. The highest BCUT2D eigenvalue weighted by Gasteiger charge is 2.58. The van der Waals surface area contributed by atoms with Crippen LogP contribution in [0.25, 0.3) is 0 Å². The molecule has 0 aliphatic carbocycles. The molecule has 15 nitrogen and oxygen atoms in total. The van der Waals surface area contributed by atoms with E-state index in [9.17, 15) is 29.2 Å². The summed E-state index contributed by atoms with van der Waals surface area (Å²) in [7, 11) is 4.66. The van der Waals surface area contributed by atoms with E-state index in [1.807, 2.05) is 16.8 Å². The van der Waals surface area contributed by atoms with Crippen LogP contribution in [0.15, 0.2) is 11.6 Å². The number of rotatable bonds is 9. The Hall–Kier alpha value is -5.46. The highest BCUT2D eigenvalue weighted by Crippen LogP contribution is 2.59. The molecule has 15 heteroatoms. The van der Waals surface area contributed by atoms with Crippen LogP contribution in [0, 0.1) is 25.2 Å². The van der Waals surface area contributed by atoms with Crippen molar-refractivity contribution >= 4 is 29.8 Å². The molecule has 2 bridgehead atoms. The maximum atomic E-state index is 13.2. The zero-order chi connectivity index (χ0) is 39.9. The molecule has 0 spiro atoms. The molecule has 1 fully saturated rings. The van der Waals surface area contributed by atoms with E-state index in [0.717, 1.165) is 0 Å². The Morgan fingerprint density at radius 1 is 0.722 bits per heavy atom. The maximum Gasteiger partial charge on any atom is 0.333 e. The van der Waals surface area contributed by atoms with E-state index >= 15 is 0 Å². The van der Waals surface area contributed by atoms with Crippen molar-refractivity contribution in [2.45, 2.75) is 98.4 Å². The smallest absolute Gasteiger partial charge is 0.333 e. The maximum absolute atomic E-state index is 13.2. The third-order valence-corrected chi connectivity index (χ3v) is 10.3. The van der Waals surface area contributed by atoms with Crippen LogP contribution in [0.3, 0.4) is 0 Å². The number of hydrogen-bond acceptors (Lipinski definition) is 15. The van der Waals surface area contributed by atoms with Crippen LogP contribution in [0.4, 0.5) is 0 Å². The van der Waals surface area contributed by atoms with Gasteiger partial charge in [-0.2, -0.15) is 5.26 Å². The van der Waals surface area contributed by atoms with E-state index in [1.165, 1.54) is 41.9 Å². The van der Waals surface area contributed by atoms with Crippen molar-refractivity contribution < 1.29 is 57.1 Å². The molecule has 2 aromatic carbocycles. The van der Waals surface area contributed by atoms with Crippen molar-refractivity contribution in [3.63, 3.8) is 0 Å². The number of allylic oxidation sites excluding steroid dienone is 1. The van der Waals surface area contributed by atoms with Gasteiger partial charge in [0.2, 0.25) is 0 Å². The van der Waals surface area contributed by atoms with Gasteiger partial charge in [-0.1, -0.05) is 6.08 Å². The number of carbonyl (C=O) groups is 5. The third kappa shape index (κ3) is 6.75. The van der Waals surface area contributed by atoms with Crippen LogP contribution in [0.1, 0.15) is 87.0 Å². The summed E-state index contributed by atoms with van der Waals surface area (Å²) in [5.41, 5.74) is 3.01. The first-order valence-corrected chi connectivity index (χ1v) is 17.4. The fourth-order valence-electron chi connectivity index (χ4n) is 8.22. The lowest BCUT2D eigenvalue weighted by Crippen LogP contribution is -2.68. The molecule has 1 saturated heterocycles. The summed E-state index contributed by atoms with van der Waals surface area (Å²) in [6.45, 7) is 11.4. The van der Waals surface area contributed by atoms with Gasteiger partial charge in [0.05, 0.1) is 32.4 Å². The average molecular weight is 748 g/mol. The minimum absolute atomic E-state index is 0.0341. The number of carbonyl (C=O) groups excluding carboxylic acids is 5. The summed E-state index contributed by atoms with van der Waals surface area (Å²) in [4.78, 5) is 67.7. The molecule has 2 aromatic rings. The molecule has 5 rings (SSSR count). The summed E-state index contributed by atoms with van der Waals surface area (Å²) < 4.78 is 41.0. The Balaban J connectivity index is 1.92. The molecule has 0 saturated carbocycles. The van der Waals surface area contributed by atoms with E-state index < -0.39 is 60.1 Å². The number of ether oxygens (including phenoxy) is 7. The summed E-state index contributed by atoms with van der Waals surface area (Å²) >= 11 is 0. The Kier molecular flexibility index (Phi) is 11.4. The predicted molar refractivity (Wildman–Crippen MR) is 191 cm³/mol.